The van der Waals surface area contributed by atoms with Crippen molar-refractivity contribution in [2.75, 3.05) is 32.1 Å². The molecule has 2 aliphatic rings. The third kappa shape index (κ3) is 3.13. The van der Waals surface area contributed by atoms with Crippen LogP contribution >= 0.6 is 11.6 Å². The van der Waals surface area contributed by atoms with E-state index in [9.17, 15) is 8.42 Å². The molecule has 0 saturated carbocycles. The molecule has 0 aliphatic carbocycles. The van der Waals surface area contributed by atoms with Crippen molar-refractivity contribution in [3.63, 3.8) is 0 Å². The fourth-order valence-electron chi connectivity index (χ4n) is 2.55. The average Bonchev–Trinajstić information content (AvgIpc) is 2.40. The molecule has 17 heavy (non-hydrogen) atoms. The fourth-order valence-corrected chi connectivity index (χ4v) is 4.58. The van der Waals surface area contributed by atoms with Crippen LogP contribution in [0.3, 0.4) is 0 Å². The zero-order valence-corrected chi connectivity index (χ0v) is 11.7. The summed E-state index contributed by atoms with van der Waals surface area (Å²) in [6.07, 6.45) is 4.95. The van der Waals surface area contributed by atoms with Gasteiger partial charge in [-0.15, -0.1) is 11.6 Å². The van der Waals surface area contributed by atoms with Crippen LogP contribution in [0.4, 0.5) is 0 Å². The lowest BCUT2D eigenvalue weighted by atomic mass is 10.0. The zero-order chi connectivity index (χ0) is 12.3. The number of hydrogen-bond donors (Lipinski definition) is 0. The van der Waals surface area contributed by atoms with Gasteiger partial charge in [-0.2, -0.15) is 17.0 Å². The molecule has 2 heterocycles. The van der Waals surface area contributed by atoms with E-state index in [1.807, 2.05) is 0 Å². The van der Waals surface area contributed by atoms with Gasteiger partial charge < -0.3 is 0 Å². The standard InChI is InChI=1S/C11H21ClN2O2S/c12-10-11-4-8-14(9-5-11)17(15,16)13-6-2-1-3-7-13/h11H,1-10H2. The topological polar surface area (TPSA) is 40.6 Å². The molecular formula is C11H21ClN2O2S. The highest BCUT2D eigenvalue weighted by atomic mass is 35.5. The van der Waals surface area contributed by atoms with Gasteiger partial charge in [-0.05, 0) is 31.6 Å². The molecule has 0 aromatic heterocycles. The first-order valence-electron chi connectivity index (χ1n) is 6.46. The van der Waals surface area contributed by atoms with Gasteiger partial charge in [0.15, 0.2) is 0 Å². The molecule has 0 N–H and O–H groups in total. The highest BCUT2D eigenvalue weighted by molar-refractivity contribution is 7.86. The Labute approximate surface area is 109 Å². The molecule has 0 aromatic carbocycles. The second-order valence-corrected chi connectivity index (χ2v) is 7.20. The monoisotopic (exact) mass is 280 g/mol. The maximum absolute atomic E-state index is 12.4. The SMILES string of the molecule is O=S(=O)(N1CCCCC1)N1CCC(CCl)CC1. The van der Waals surface area contributed by atoms with E-state index in [4.69, 9.17) is 11.6 Å². The molecule has 0 atom stereocenters. The van der Waals surface area contributed by atoms with Crippen molar-refractivity contribution in [1.82, 2.24) is 8.61 Å². The van der Waals surface area contributed by atoms with E-state index in [1.54, 1.807) is 8.61 Å². The van der Waals surface area contributed by atoms with Gasteiger partial charge >= 0.3 is 0 Å². The number of halogens is 1. The highest BCUT2D eigenvalue weighted by Crippen LogP contribution is 2.23. The third-order valence-corrected chi connectivity index (χ3v) is 6.23. The van der Waals surface area contributed by atoms with E-state index < -0.39 is 10.2 Å². The van der Waals surface area contributed by atoms with Gasteiger partial charge in [0, 0.05) is 32.1 Å². The van der Waals surface area contributed by atoms with Crippen molar-refractivity contribution in [3.8, 4) is 0 Å². The Balaban J connectivity index is 1.96. The predicted octanol–water partition coefficient (Wildman–Crippen LogP) is 1.67. The molecule has 0 radical (unpaired) electrons. The molecular weight excluding hydrogens is 260 g/mol. The van der Waals surface area contributed by atoms with Crippen molar-refractivity contribution in [1.29, 1.82) is 0 Å². The summed E-state index contributed by atoms with van der Waals surface area (Å²) in [7, 11) is -3.19. The lowest BCUT2D eigenvalue weighted by Gasteiger charge is -2.35. The normalized spacial score (nSPS) is 26.2. The first-order valence-corrected chi connectivity index (χ1v) is 8.39. The molecule has 2 saturated heterocycles. The smallest absolute Gasteiger partial charge is 0.195 e. The largest absolute Gasteiger partial charge is 0.281 e. The van der Waals surface area contributed by atoms with Gasteiger partial charge in [-0.25, -0.2) is 0 Å². The van der Waals surface area contributed by atoms with Crippen LogP contribution in [0, 0.1) is 5.92 Å². The minimum atomic E-state index is -3.19. The van der Waals surface area contributed by atoms with Crippen LogP contribution in [0.1, 0.15) is 32.1 Å². The number of nitrogens with zero attached hydrogens (tertiary/aromatic N) is 2. The lowest BCUT2D eigenvalue weighted by Crippen LogP contribution is -2.48. The maximum Gasteiger partial charge on any atom is 0.281 e. The van der Waals surface area contributed by atoms with Crippen LogP contribution in [0.25, 0.3) is 0 Å². The van der Waals surface area contributed by atoms with Crippen LogP contribution in [0.5, 0.6) is 0 Å². The van der Waals surface area contributed by atoms with Crippen molar-refractivity contribution in [3.05, 3.63) is 0 Å². The first-order chi connectivity index (χ1) is 8.14. The molecule has 0 bridgehead atoms. The summed E-state index contributed by atoms with van der Waals surface area (Å²) in [5.74, 6) is 1.14. The Kier molecular flexibility index (Phi) is 4.69. The highest BCUT2D eigenvalue weighted by Gasteiger charge is 2.33. The summed E-state index contributed by atoms with van der Waals surface area (Å²) in [6, 6.07) is 0. The van der Waals surface area contributed by atoms with E-state index in [1.165, 1.54) is 0 Å². The van der Waals surface area contributed by atoms with Gasteiger partial charge in [0.05, 0.1) is 0 Å². The number of piperidine rings is 2. The van der Waals surface area contributed by atoms with E-state index in [0.29, 0.717) is 38.0 Å². The summed E-state index contributed by atoms with van der Waals surface area (Å²) in [5, 5.41) is 0. The van der Waals surface area contributed by atoms with E-state index >= 15 is 0 Å². The number of hydrogen-bond acceptors (Lipinski definition) is 2. The molecule has 100 valence electrons. The van der Waals surface area contributed by atoms with Crippen LogP contribution in [-0.4, -0.2) is 49.1 Å². The van der Waals surface area contributed by atoms with Gasteiger partial charge in [0.25, 0.3) is 10.2 Å². The summed E-state index contributed by atoms with van der Waals surface area (Å²) in [4.78, 5) is 0. The van der Waals surface area contributed by atoms with Crippen molar-refractivity contribution >= 4 is 21.8 Å². The summed E-state index contributed by atoms with van der Waals surface area (Å²) in [5.41, 5.74) is 0. The van der Waals surface area contributed by atoms with Gasteiger partial charge in [-0.3, -0.25) is 0 Å². The van der Waals surface area contributed by atoms with Crippen molar-refractivity contribution in [2.24, 2.45) is 5.92 Å². The van der Waals surface area contributed by atoms with Crippen LogP contribution in [0.15, 0.2) is 0 Å². The molecule has 4 nitrogen and oxygen atoms in total. The van der Waals surface area contributed by atoms with Crippen LogP contribution in [0.2, 0.25) is 0 Å². The Hall–Kier alpha value is 0.160. The molecule has 2 aliphatic heterocycles. The molecule has 0 amide bonds. The summed E-state index contributed by atoms with van der Waals surface area (Å²) < 4.78 is 28.0. The zero-order valence-electron chi connectivity index (χ0n) is 10.1. The minimum Gasteiger partial charge on any atom is -0.195 e. The molecule has 6 heteroatoms. The predicted molar refractivity (Wildman–Crippen MR) is 69.4 cm³/mol. The molecule has 0 aromatic rings. The van der Waals surface area contributed by atoms with E-state index in [0.717, 1.165) is 32.1 Å². The van der Waals surface area contributed by atoms with Crippen LogP contribution < -0.4 is 0 Å². The lowest BCUT2D eigenvalue weighted by molar-refractivity contribution is 0.254. The second-order valence-electron chi connectivity index (χ2n) is 4.96. The average molecular weight is 281 g/mol. The Morgan fingerprint density at radius 1 is 0.941 bits per heavy atom. The summed E-state index contributed by atoms with van der Waals surface area (Å²) >= 11 is 5.81. The molecule has 2 fully saturated rings. The van der Waals surface area contributed by atoms with E-state index in [-0.39, 0.29) is 0 Å². The first kappa shape index (κ1) is 13.6. The number of alkyl halides is 1. The summed E-state index contributed by atoms with van der Waals surface area (Å²) in [6.45, 7) is 2.65. The van der Waals surface area contributed by atoms with Crippen molar-refractivity contribution < 1.29 is 8.42 Å². The van der Waals surface area contributed by atoms with Crippen molar-refractivity contribution in [2.45, 2.75) is 32.1 Å². The molecule has 2 rings (SSSR count). The molecule has 0 unspecified atom stereocenters. The molecule has 0 spiro atoms. The number of rotatable bonds is 3. The van der Waals surface area contributed by atoms with Gasteiger partial charge in [0.2, 0.25) is 0 Å². The Morgan fingerprint density at radius 2 is 1.47 bits per heavy atom. The fraction of sp³-hybridized carbons (Fsp3) is 1.00. The second kappa shape index (κ2) is 5.87. The minimum absolute atomic E-state index is 0.490. The van der Waals surface area contributed by atoms with Gasteiger partial charge in [0.1, 0.15) is 0 Å². The quantitative estimate of drug-likeness (QED) is 0.738. The van der Waals surface area contributed by atoms with Crippen LogP contribution in [-0.2, 0) is 10.2 Å². The maximum atomic E-state index is 12.4. The third-order valence-electron chi connectivity index (χ3n) is 3.76. The Morgan fingerprint density at radius 3 is 2.00 bits per heavy atom. The Bertz CT molecular complexity index is 333. The van der Waals surface area contributed by atoms with E-state index in [2.05, 4.69) is 0 Å². The van der Waals surface area contributed by atoms with Gasteiger partial charge in [-0.1, -0.05) is 6.42 Å².